The summed E-state index contributed by atoms with van der Waals surface area (Å²) < 4.78 is 16.7. The van der Waals surface area contributed by atoms with Gasteiger partial charge in [0, 0.05) is 37.7 Å². The Labute approximate surface area is 206 Å². The van der Waals surface area contributed by atoms with Crippen LogP contribution in [-0.2, 0) is 16.0 Å². The lowest BCUT2D eigenvalue weighted by molar-refractivity contribution is -0.136. The Morgan fingerprint density at radius 1 is 1.35 bits per heavy atom. The first-order chi connectivity index (χ1) is 16.5. The van der Waals surface area contributed by atoms with Crippen molar-refractivity contribution >= 4 is 17.2 Å². The van der Waals surface area contributed by atoms with Crippen molar-refractivity contribution in [2.75, 3.05) is 53.6 Å². The van der Waals surface area contributed by atoms with Crippen molar-refractivity contribution in [1.29, 1.82) is 0 Å². The molecule has 0 bridgehead atoms. The van der Waals surface area contributed by atoms with Crippen LogP contribution in [0.25, 0.3) is 0 Å². The first kappa shape index (κ1) is 26.2. The van der Waals surface area contributed by atoms with E-state index in [9.17, 15) is 9.90 Å². The molecule has 0 saturated carbocycles. The number of carbonyl (C=O) groups excluding carboxylic acids is 1. The van der Waals surface area contributed by atoms with Crippen molar-refractivity contribution in [1.82, 2.24) is 9.80 Å². The summed E-state index contributed by atoms with van der Waals surface area (Å²) in [6.07, 6.45) is 3.49. The molecule has 0 unspecified atom stereocenters. The van der Waals surface area contributed by atoms with Gasteiger partial charge in [0.2, 0.25) is 5.91 Å². The van der Waals surface area contributed by atoms with Crippen molar-refractivity contribution in [2.24, 2.45) is 0 Å². The molecule has 2 aromatic rings. The van der Waals surface area contributed by atoms with Crippen LogP contribution in [0.3, 0.4) is 0 Å². The maximum absolute atomic E-state index is 13.5. The number of carbonyl (C=O) groups is 1. The summed E-state index contributed by atoms with van der Waals surface area (Å²) in [7, 11) is 3.27. The Bertz CT molecular complexity index is 918. The van der Waals surface area contributed by atoms with E-state index < -0.39 is 6.10 Å². The smallest absolute Gasteiger partial charge is 0.237 e. The van der Waals surface area contributed by atoms with Gasteiger partial charge in [-0.3, -0.25) is 9.69 Å². The van der Waals surface area contributed by atoms with Gasteiger partial charge in [-0.1, -0.05) is 12.1 Å². The summed E-state index contributed by atoms with van der Waals surface area (Å²) in [6.45, 7) is 6.46. The van der Waals surface area contributed by atoms with Gasteiger partial charge in [0.1, 0.15) is 18.1 Å². The Morgan fingerprint density at radius 3 is 2.94 bits per heavy atom. The average molecular weight is 489 g/mol. The highest BCUT2D eigenvalue weighted by Gasteiger charge is 2.33. The molecule has 1 aromatic carbocycles. The number of thiophene rings is 1. The SMILES string of the molecule is C=CCC[C@H](O)CN(CCOC)CC(=O)N1CCc2sccc2[C@@H]1COc1cccc(OC)c1. The number of rotatable bonds is 14. The number of methoxy groups -OCH3 is 2. The van der Waals surface area contributed by atoms with E-state index in [4.69, 9.17) is 14.2 Å². The fourth-order valence-corrected chi connectivity index (χ4v) is 5.11. The Hall–Kier alpha value is -2.39. The Kier molecular flexibility index (Phi) is 10.4. The number of hydrogen-bond donors (Lipinski definition) is 1. The first-order valence-corrected chi connectivity index (χ1v) is 12.6. The molecule has 0 fully saturated rings. The zero-order chi connectivity index (χ0) is 24.3. The molecular formula is C26H36N2O5S. The third-order valence-electron chi connectivity index (χ3n) is 6.01. The van der Waals surface area contributed by atoms with Crippen molar-refractivity contribution in [3.8, 4) is 11.5 Å². The van der Waals surface area contributed by atoms with Gasteiger partial charge in [-0.2, -0.15) is 0 Å². The molecule has 7 nitrogen and oxygen atoms in total. The van der Waals surface area contributed by atoms with Gasteiger partial charge in [0.15, 0.2) is 0 Å². The van der Waals surface area contributed by atoms with Crippen LogP contribution < -0.4 is 9.47 Å². The largest absolute Gasteiger partial charge is 0.497 e. The molecule has 0 aliphatic carbocycles. The number of fused-ring (bicyclic) bond motifs is 1. The van der Waals surface area contributed by atoms with Crippen LogP contribution in [-0.4, -0.2) is 80.5 Å². The fraction of sp³-hybridized carbons (Fsp3) is 0.500. The second-order valence-corrected chi connectivity index (χ2v) is 9.39. The van der Waals surface area contributed by atoms with E-state index in [1.54, 1.807) is 31.6 Å². The number of aliphatic hydroxyl groups excluding tert-OH is 1. The standard InChI is InChI=1S/C26H36N2O5S/c1-4-5-7-20(29)17-27(13-14-31-2)18-26(30)28-12-10-25-23(11-15-34-25)24(28)19-33-22-9-6-8-21(16-22)32-3/h4,6,8-9,11,15-16,20,24,29H,1,5,7,10,12-14,17-19H2,2-3H3/t20-,24-/m0/s1. The van der Waals surface area contributed by atoms with Gasteiger partial charge >= 0.3 is 0 Å². The number of hydrogen-bond acceptors (Lipinski definition) is 7. The summed E-state index contributed by atoms with van der Waals surface area (Å²) in [5.74, 6) is 1.47. The number of amides is 1. The summed E-state index contributed by atoms with van der Waals surface area (Å²) in [5, 5.41) is 12.5. The average Bonchev–Trinajstić information content (AvgIpc) is 3.33. The summed E-state index contributed by atoms with van der Waals surface area (Å²) >= 11 is 1.73. The minimum atomic E-state index is -0.514. The molecule has 8 heteroatoms. The van der Waals surface area contributed by atoms with E-state index in [0.717, 1.165) is 24.2 Å². The first-order valence-electron chi connectivity index (χ1n) is 11.7. The van der Waals surface area contributed by atoms with Crippen LogP contribution in [0.1, 0.15) is 29.3 Å². The van der Waals surface area contributed by atoms with Gasteiger partial charge in [0.25, 0.3) is 0 Å². The zero-order valence-electron chi connectivity index (χ0n) is 20.2. The molecule has 1 aliphatic rings. The summed E-state index contributed by atoms with van der Waals surface area (Å²) in [4.78, 5) is 18.7. The fourth-order valence-electron chi connectivity index (χ4n) is 4.18. The Balaban J connectivity index is 1.70. The predicted octanol–water partition coefficient (Wildman–Crippen LogP) is 3.54. The lowest BCUT2D eigenvalue weighted by Gasteiger charge is -2.37. The predicted molar refractivity (Wildman–Crippen MR) is 135 cm³/mol. The molecule has 34 heavy (non-hydrogen) atoms. The molecule has 0 saturated heterocycles. The van der Waals surface area contributed by atoms with E-state index in [-0.39, 0.29) is 18.5 Å². The third-order valence-corrected chi connectivity index (χ3v) is 7.00. The molecule has 1 amide bonds. The van der Waals surface area contributed by atoms with Crippen molar-refractivity contribution < 1.29 is 24.1 Å². The molecule has 1 aromatic heterocycles. The number of allylic oxidation sites excluding steroid dienone is 1. The van der Waals surface area contributed by atoms with E-state index in [0.29, 0.717) is 45.0 Å². The van der Waals surface area contributed by atoms with Crippen LogP contribution in [0.5, 0.6) is 11.5 Å². The lowest BCUT2D eigenvalue weighted by Crippen LogP contribution is -2.48. The van der Waals surface area contributed by atoms with Gasteiger partial charge in [-0.25, -0.2) is 0 Å². The highest BCUT2D eigenvalue weighted by atomic mass is 32.1. The molecule has 3 rings (SSSR count). The molecule has 0 radical (unpaired) electrons. The van der Waals surface area contributed by atoms with Crippen LogP contribution in [0, 0.1) is 0 Å². The van der Waals surface area contributed by atoms with Gasteiger partial charge in [-0.15, -0.1) is 17.9 Å². The minimum Gasteiger partial charge on any atom is -0.497 e. The minimum absolute atomic E-state index is 0.0307. The quantitative estimate of drug-likeness (QED) is 0.410. The van der Waals surface area contributed by atoms with Crippen LogP contribution >= 0.6 is 11.3 Å². The maximum atomic E-state index is 13.5. The Morgan fingerprint density at radius 2 is 2.18 bits per heavy atom. The van der Waals surface area contributed by atoms with Gasteiger partial charge in [0.05, 0.1) is 32.4 Å². The molecule has 1 N–H and O–H groups in total. The third kappa shape index (κ3) is 7.30. The van der Waals surface area contributed by atoms with E-state index >= 15 is 0 Å². The summed E-state index contributed by atoms with van der Waals surface area (Å²) in [6, 6.07) is 9.44. The normalized spacial score (nSPS) is 16.2. The van der Waals surface area contributed by atoms with E-state index in [1.165, 1.54) is 4.88 Å². The maximum Gasteiger partial charge on any atom is 0.237 e. The molecular weight excluding hydrogens is 452 g/mol. The summed E-state index contributed by atoms with van der Waals surface area (Å²) in [5.41, 5.74) is 1.15. The highest BCUT2D eigenvalue weighted by Crippen LogP contribution is 2.34. The molecule has 2 atom stereocenters. The topological polar surface area (TPSA) is 71.5 Å². The number of aliphatic hydroxyl groups is 1. The van der Waals surface area contributed by atoms with Crippen molar-refractivity contribution in [3.63, 3.8) is 0 Å². The zero-order valence-corrected chi connectivity index (χ0v) is 21.0. The van der Waals surface area contributed by atoms with Gasteiger partial charge in [-0.05, 0) is 48.4 Å². The van der Waals surface area contributed by atoms with Crippen LogP contribution in [0.4, 0.5) is 0 Å². The van der Waals surface area contributed by atoms with Gasteiger partial charge < -0.3 is 24.2 Å². The van der Waals surface area contributed by atoms with E-state index in [2.05, 4.69) is 18.0 Å². The van der Waals surface area contributed by atoms with Crippen LogP contribution in [0.15, 0.2) is 48.4 Å². The molecule has 1 aliphatic heterocycles. The lowest BCUT2D eigenvalue weighted by atomic mass is 10.0. The molecule has 2 heterocycles. The second kappa shape index (κ2) is 13.5. The molecule has 0 spiro atoms. The number of nitrogens with zero attached hydrogens (tertiary/aromatic N) is 2. The number of ether oxygens (including phenoxy) is 3. The van der Waals surface area contributed by atoms with Crippen molar-refractivity contribution in [2.45, 2.75) is 31.4 Å². The van der Waals surface area contributed by atoms with Crippen LogP contribution in [0.2, 0.25) is 0 Å². The highest BCUT2D eigenvalue weighted by molar-refractivity contribution is 7.10. The van der Waals surface area contributed by atoms with Crippen molar-refractivity contribution in [3.05, 3.63) is 58.8 Å². The molecule has 186 valence electrons. The van der Waals surface area contributed by atoms with E-state index in [1.807, 2.05) is 34.1 Å². The monoisotopic (exact) mass is 488 g/mol. The second-order valence-electron chi connectivity index (χ2n) is 8.39. The number of benzene rings is 1.